The van der Waals surface area contributed by atoms with Crippen LogP contribution in [0.1, 0.15) is 47.9 Å². The molecule has 0 radical (unpaired) electrons. The lowest BCUT2D eigenvalue weighted by Gasteiger charge is -2.33. The van der Waals surface area contributed by atoms with Gasteiger partial charge in [0.2, 0.25) is 5.91 Å². The molecule has 2 atom stereocenters. The Hall–Kier alpha value is -4.50. The fourth-order valence-electron chi connectivity index (χ4n) is 5.51. The summed E-state index contributed by atoms with van der Waals surface area (Å²) in [6, 6.07) is 5.62. The number of pyridine rings is 1. The van der Waals surface area contributed by atoms with Crippen LogP contribution in [0.5, 0.6) is 11.5 Å². The van der Waals surface area contributed by atoms with Crippen LogP contribution in [0.3, 0.4) is 0 Å². The summed E-state index contributed by atoms with van der Waals surface area (Å²) < 4.78 is 83.2. The number of halogens is 6. The van der Waals surface area contributed by atoms with Crippen molar-refractivity contribution >= 4 is 34.3 Å². The van der Waals surface area contributed by atoms with Crippen molar-refractivity contribution in [3.05, 3.63) is 70.0 Å². The molecule has 242 valence electrons. The third kappa shape index (κ3) is 4.80. The number of methoxy groups -OCH3 is 1. The van der Waals surface area contributed by atoms with Gasteiger partial charge in [-0.05, 0) is 50.1 Å². The van der Waals surface area contributed by atoms with Crippen LogP contribution in [0.15, 0.2) is 36.5 Å². The summed E-state index contributed by atoms with van der Waals surface area (Å²) in [7, 11) is 1.26. The molecule has 1 aliphatic heterocycles. The first-order valence-electron chi connectivity index (χ1n) is 13.8. The largest absolute Gasteiger partial charge is 0.494 e. The van der Waals surface area contributed by atoms with Crippen LogP contribution in [0.2, 0.25) is 5.02 Å². The zero-order valence-electron chi connectivity index (χ0n) is 24.1. The van der Waals surface area contributed by atoms with E-state index in [1.54, 1.807) is 0 Å². The third-order valence-corrected chi connectivity index (χ3v) is 8.89. The van der Waals surface area contributed by atoms with Crippen molar-refractivity contribution < 1.29 is 46.1 Å². The van der Waals surface area contributed by atoms with Gasteiger partial charge in [-0.2, -0.15) is 13.9 Å². The Morgan fingerprint density at radius 2 is 1.98 bits per heavy atom. The first kappa shape index (κ1) is 31.5. The summed E-state index contributed by atoms with van der Waals surface area (Å²) in [5, 5.41) is 17.5. The maximum Gasteiger partial charge on any atom is 0.333 e. The minimum atomic E-state index is -2.95. The zero-order chi connectivity index (χ0) is 33.3. The predicted molar refractivity (Wildman–Crippen MR) is 153 cm³/mol. The van der Waals surface area contributed by atoms with E-state index in [-0.39, 0.29) is 64.2 Å². The molecular formula is C30H25ClF5N5O5. The van der Waals surface area contributed by atoms with Crippen LogP contribution in [-0.4, -0.2) is 57.6 Å². The number of hydrogen-bond acceptors (Lipinski definition) is 7. The Balaban J connectivity index is 1.44. The van der Waals surface area contributed by atoms with Crippen molar-refractivity contribution in [2.75, 3.05) is 20.3 Å². The first-order valence-corrected chi connectivity index (χ1v) is 14.2. The molecule has 0 spiro atoms. The minimum Gasteiger partial charge on any atom is -0.494 e. The fourth-order valence-corrected chi connectivity index (χ4v) is 5.68. The summed E-state index contributed by atoms with van der Waals surface area (Å²) >= 11 is 5.82. The number of nitrogens with one attached hydrogen (secondary N) is 1. The van der Waals surface area contributed by atoms with Gasteiger partial charge in [-0.1, -0.05) is 11.6 Å². The van der Waals surface area contributed by atoms with Gasteiger partial charge in [0.05, 0.1) is 19.3 Å². The van der Waals surface area contributed by atoms with Crippen LogP contribution >= 0.6 is 11.6 Å². The minimum absolute atomic E-state index is 0.0112. The molecule has 1 fully saturated rings. The average molecular weight is 666 g/mol. The van der Waals surface area contributed by atoms with E-state index in [1.807, 2.05) is 0 Å². The van der Waals surface area contributed by atoms with Gasteiger partial charge in [0.25, 0.3) is 5.91 Å². The highest BCUT2D eigenvalue weighted by Crippen LogP contribution is 2.55. The molecule has 46 heavy (non-hydrogen) atoms. The maximum absolute atomic E-state index is 16.1. The summed E-state index contributed by atoms with van der Waals surface area (Å²) in [5.41, 5.74) is -1.74. The fraction of sp³-hybridized carbons (Fsp3) is 0.333. The molecule has 1 aliphatic carbocycles. The van der Waals surface area contributed by atoms with Crippen LogP contribution in [-0.2, 0) is 15.8 Å². The molecule has 2 aromatic heterocycles. The van der Waals surface area contributed by atoms with Gasteiger partial charge in [0, 0.05) is 28.3 Å². The molecule has 0 unspecified atom stereocenters. The van der Waals surface area contributed by atoms with Crippen molar-refractivity contribution in [3.63, 3.8) is 0 Å². The van der Waals surface area contributed by atoms with Crippen molar-refractivity contribution in [2.24, 2.45) is 5.73 Å². The molecule has 4 N–H and O–H groups in total. The summed E-state index contributed by atoms with van der Waals surface area (Å²) in [4.78, 5) is 30.2. The van der Waals surface area contributed by atoms with Gasteiger partial charge in [-0.15, -0.1) is 0 Å². The molecule has 1 saturated carbocycles. The zero-order valence-corrected chi connectivity index (χ0v) is 24.9. The smallest absolute Gasteiger partial charge is 0.333 e. The average Bonchev–Trinajstić information content (AvgIpc) is 3.48. The summed E-state index contributed by atoms with van der Waals surface area (Å²) in [6.07, 6.45) is 0.742. The molecule has 4 aromatic rings. The number of primary amides is 1. The van der Waals surface area contributed by atoms with Crippen LogP contribution in [0.25, 0.3) is 22.2 Å². The van der Waals surface area contributed by atoms with Gasteiger partial charge in [0.15, 0.2) is 11.4 Å². The van der Waals surface area contributed by atoms with Gasteiger partial charge in [0.1, 0.15) is 51.2 Å². The second kappa shape index (κ2) is 10.8. The number of rotatable bonds is 9. The highest BCUT2D eigenvalue weighted by Gasteiger charge is 2.62. The molecule has 6 rings (SSSR count). The van der Waals surface area contributed by atoms with Gasteiger partial charge in [-0.3, -0.25) is 9.59 Å². The molecule has 2 amide bonds. The number of hydrogen-bond donors (Lipinski definition) is 3. The first-order chi connectivity index (χ1) is 21.6. The Kier molecular flexibility index (Phi) is 7.39. The molecule has 0 saturated heterocycles. The number of fused-ring (bicyclic) bond motifs is 2. The lowest BCUT2D eigenvalue weighted by Crippen LogP contribution is -2.49. The predicted octanol–water partition coefficient (Wildman–Crippen LogP) is 4.69. The van der Waals surface area contributed by atoms with Gasteiger partial charge in [-0.25, -0.2) is 22.8 Å². The number of alkyl halides is 3. The van der Waals surface area contributed by atoms with Crippen molar-refractivity contribution in [2.45, 2.75) is 43.0 Å². The van der Waals surface area contributed by atoms with Crippen molar-refractivity contribution in [1.29, 1.82) is 0 Å². The molecule has 3 heterocycles. The van der Waals surface area contributed by atoms with E-state index in [0.29, 0.717) is 4.68 Å². The summed E-state index contributed by atoms with van der Waals surface area (Å²) in [5.74, 6) is -4.05. The van der Waals surface area contributed by atoms with Crippen LogP contribution < -0.4 is 20.5 Å². The highest BCUT2D eigenvalue weighted by atomic mass is 35.5. The topological polar surface area (TPSA) is 142 Å². The van der Waals surface area contributed by atoms with Crippen LogP contribution in [0.4, 0.5) is 22.0 Å². The summed E-state index contributed by atoms with van der Waals surface area (Å²) in [6.45, 7) is -2.58. The number of ether oxygens (including phenoxy) is 2. The number of aromatic nitrogens is 3. The number of aliphatic hydroxyl groups is 1. The molecule has 16 heteroatoms. The van der Waals surface area contributed by atoms with Gasteiger partial charge < -0.3 is 25.6 Å². The monoisotopic (exact) mass is 665 g/mol. The Labute approximate surface area is 262 Å². The highest BCUT2D eigenvalue weighted by molar-refractivity contribution is 6.31. The Morgan fingerprint density at radius 3 is 2.61 bits per heavy atom. The van der Waals surface area contributed by atoms with E-state index in [0.717, 1.165) is 18.3 Å². The number of amides is 2. The van der Waals surface area contributed by atoms with Crippen molar-refractivity contribution in [1.82, 2.24) is 20.1 Å². The van der Waals surface area contributed by atoms with E-state index in [4.69, 9.17) is 26.8 Å². The van der Waals surface area contributed by atoms with E-state index >= 15 is 8.78 Å². The van der Waals surface area contributed by atoms with E-state index in [2.05, 4.69) is 15.4 Å². The Morgan fingerprint density at radius 1 is 1.26 bits per heavy atom. The van der Waals surface area contributed by atoms with Crippen molar-refractivity contribution in [3.8, 4) is 22.8 Å². The van der Waals surface area contributed by atoms with Gasteiger partial charge >= 0.3 is 6.55 Å². The Bertz CT molecular complexity index is 1940. The SMILES string of the molecule is COc1cc(C(=O)NC[C@](O)(c2cc3c(c(-c4ccc(F)c(Cl)c4F)n2)OC[C@]3(C)C(N)=O)C2(F)CC2)cc2cn(C(F)F)nc12. The van der Waals surface area contributed by atoms with Crippen LogP contribution in [0, 0.1) is 11.6 Å². The van der Waals surface area contributed by atoms with E-state index in [9.17, 15) is 27.9 Å². The number of carbonyl (C=O) groups excluding carboxylic acids is 2. The number of carbonyl (C=O) groups is 2. The number of nitrogens with zero attached hydrogens (tertiary/aromatic N) is 3. The number of benzene rings is 2. The standard InChI is InChI=1S/C30H25ClF5N5O5/c1-28(26(37)43)12-46-24-16(28)9-19(39-23(24)15-3-4-17(32)20(31)21(15)33)30(44,29(36)5-6-29)11-38-25(42)13-7-14-10-41(27(34)35)40-22(14)18(8-13)45-2/h3-4,7-10,27,44H,5-6,11-12H2,1-2H3,(H2,37,43)(H,38,42)/t28-,30-/m0/s1. The second-order valence-corrected chi connectivity index (χ2v) is 11.8. The molecule has 10 nitrogen and oxygen atoms in total. The maximum atomic E-state index is 16.1. The second-order valence-electron chi connectivity index (χ2n) is 11.5. The van der Waals surface area contributed by atoms with E-state index < -0.39 is 63.9 Å². The molecular weight excluding hydrogens is 641 g/mol. The molecule has 2 aliphatic rings. The molecule has 0 bridgehead atoms. The third-order valence-electron chi connectivity index (χ3n) is 8.54. The normalized spacial score (nSPS) is 19.4. The lowest BCUT2D eigenvalue weighted by atomic mass is 9.80. The lowest BCUT2D eigenvalue weighted by molar-refractivity contribution is -0.123. The molecule has 2 aromatic carbocycles. The quantitative estimate of drug-likeness (QED) is 0.174. The number of nitrogens with two attached hydrogens (primary N) is 1. The van der Waals surface area contributed by atoms with E-state index in [1.165, 1.54) is 32.2 Å².